The molecule has 4 nitrogen and oxygen atoms in total. The number of nitrogens with zero attached hydrogens (tertiary/aromatic N) is 1. The van der Waals surface area contributed by atoms with Crippen LogP contribution in [0.4, 0.5) is 14.5 Å². The van der Waals surface area contributed by atoms with Crippen molar-refractivity contribution >= 4 is 11.9 Å². The monoisotopic (exact) mass is 292 g/mol. The van der Waals surface area contributed by atoms with Gasteiger partial charge in [-0.15, -0.1) is 0 Å². The number of anilines is 1. The van der Waals surface area contributed by atoms with Crippen LogP contribution in [-0.2, 0) is 0 Å². The third-order valence-corrected chi connectivity index (χ3v) is 2.75. The molecule has 0 radical (unpaired) electrons. The highest BCUT2D eigenvalue weighted by Crippen LogP contribution is 2.29. The van der Waals surface area contributed by atoms with Crippen LogP contribution in [0.3, 0.4) is 0 Å². The van der Waals surface area contributed by atoms with E-state index in [9.17, 15) is 8.78 Å². The van der Waals surface area contributed by atoms with Crippen LogP contribution in [0, 0.1) is 11.6 Å². The number of para-hydroxylation sites is 1. The van der Waals surface area contributed by atoms with E-state index in [2.05, 4.69) is 10.5 Å². The number of methoxy groups -OCH3 is 2. The topological polar surface area (TPSA) is 42.8 Å². The molecule has 0 atom stereocenters. The largest absolute Gasteiger partial charge is 0.493 e. The Morgan fingerprint density at radius 2 is 1.90 bits per heavy atom. The number of benzene rings is 2. The molecule has 2 aromatic carbocycles. The van der Waals surface area contributed by atoms with Gasteiger partial charge in [-0.25, -0.2) is 8.78 Å². The third-order valence-electron chi connectivity index (χ3n) is 2.75. The van der Waals surface area contributed by atoms with Gasteiger partial charge >= 0.3 is 0 Å². The molecule has 0 aromatic heterocycles. The molecule has 0 amide bonds. The minimum Gasteiger partial charge on any atom is -0.493 e. The van der Waals surface area contributed by atoms with E-state index in [1.165, 1.54) is 26.5 Å². The highest BCUT2D eigenvalue weighted by molar-refractivity contribution is 5.85. The lowest BCUT2D eigenvalue weighted by Crippen LogP contribution is -1.98. The molecule has 0 saturated heterocycles. The zero-order valence-electron chi connectivity index (χ0n) is 11.6. The van der Waals surface area contributed by atoms with Crippen molar-refractivity contribution in [3.8, 4) is 11.5 Å². The van der Waals surface area contributed by atoms with Gasteiger partial charge in [-0.05, 0) is 24.3 Å². The lowest BCUT2D eigenvalue weighted by atomic mass is 10.2. The molecule has 1 N–H and O–H groups in total. The Morgan fingerprint density at radius 1 is 1.10 bits per heavy atom. The third kappa shape index (κ3) is 3.47. The standard InChI is InChI=1S/C15H14F2N2O2/c1-20-14-5-3-4-10(15(14)21-2)9-18-19-13-7-6-11(16)8-12(13)17/h3-9,19H,1-2H3/b18-9-. The maximum atomic E-state index is 13.4. The number of ether oxygens (including phenoxy) is 2. The summed E-state index contributed by atoms with van der Waals surface area (Å²) in [5.41, 5.74) is 3.25. The Balaban J connectivity index is 2.18. The molecule has 2 rings (SSSR count). The smallest absolute Gasteiger partial charge is 0.169 e. The van der Waals surface area contributed by atoms with E-state index >= 15 is 0 Å². The number of hydrogen-bond donors (Lipinski definition) is 1. The van der Waals surface area contributed by atoms with Crippen LogP contribution in [0.15, 0.2) is 41.5 Å². The molecule has 0 saturated carbocycles. The number of rotatable bonds is 5. The summed E-state index contributed by atoms with van der Waals surface area (Å²) in [5.74, 6) is -0.277. The summed E-state index contributed by atoms with van der Waals surface area (Å²) in [5, 5.41) is 3.91. The van der Waals surface area contributed by atoms with E-state index < -0.39 is 11.6 Å². The summed E-state index contributed by atoms with van der Waals surface area (Å²) in [4.78, 5) is 0. The maximum absolute atomic E-state index is 13.4. The molecule has 0 aliphatic carbocycles. The van der Waals surface area contributed by atoms with E-state index in [0.717, 1.165) is 12.1 Å². The van der Waals surface area contributed by atoms with Crippen molar-refractivity contribution in [3.63, 3.8) is 0 Å². The molecule has 2 aromatic rings. The van der Waals surface area contributed by atoms with E-state index in [0.29, 0.717) is 17.1 Å². The van der Waals surface area contributed by atoms with E-state index in [1.54, 1.807) is 18.2 Å². The second kappa shape index (κ2) is 6.69. The lowest BCUT2D eigenvalue weighted by molar-refractivity contribution is 0.354. The number of hydrogen-bond acceptors (Lipinski definition) is 4. The predicted molar refractivity (Wildman–Crippen MR) is 77.1 cm³/mol. The predicted octanol–water partition coefficient (Wildman–Crippen LogP) is 3.43. The van der Waals surface area contributed by atoms with Gasteiger partial charge < -0.3 is 9.47 Å². The molecule has 21 heavy (non-hydrogen) atoms. The van der Waals surface area contributed by atoms with Crippen molar-refractivity contribution in [1.29, 1.82) is 0 Å². The van der Waals surface area contributed by atoms with Gasteiger partial charge in [0.25, 0.3) is 0 Å². The number of halogens is 2. The highest BCUT2D eigenvalue weighted by Gasteiger charge is 2.07. The van der Waals surface area contributed by atoms with Crippen LogP contribution in [0.1, 0.15) is 5.56 Å². The fraction of sp³-hybridized carbons (Fsp3) is 0.133. The Kier molecular flexibility index (Phi) is 4.71. The molecule has 0 bridgehead atoms. The van der Waals surface area contributed by atoms with Crippen LogP contribution in [-0.4, -0.2) is 20.4 Å². The van der Waals surface area contributed by atoms with Crippen molar-refractivity contribution in [2.45, 2.75) is 0 Å². The summed E-state index contributed by atoms with van der Waals surface area (Å²) in [6.45, 7) is 0. The summed E-state index contributed by atoms with van der Waals surface area (Å²) in [6, 6.07) is 8.50. The first-order valence-corrected chi connectivity index (χ1v) is 6.11. The van der Waals surface area contributed by atoms with Crippen molar-refractivity contribution in [1.82, 2.24) is 0 Å². The van der Waals surface area contributed by atoms with E-state index in [-0.39, 0.29) is 5.69 Å². The minimum absolute atomic E-state index is 0.0783. The fourth-order valence-corrected chi connectivity index (χ4v) is 1.77. The minimum atomic E-state index is -0.718. The molecule has 0 unspecified atom stereocenters. The van der Waals surface area contributed by atoms with Crippen LogP contribution >= 0.6 is 0 Å². The average molecular weight is 292 g/mol. The second-order valence-electron chi connectivity index (χ2n) is 4.08. The summed E-state index contributed by atoms with van der Waals surface area (Å²) < 4.78 is 36.6. The average Bonchev–Trinajstić information content (AvgIpc) is 2.49. The van der Waals surface area contributed by atoms with Crippen molar-refractivity contribution < 1.29 is 18.3 Å². The summed E-state index contributed by atoms with van der Waals surface area (Å²) in [7, 11) is 3.05. The van der Waals surface area contributed by atoms with Crippen molar-refractivity contribution in [2.24, 2.45) is 5.10 Å². The molecule has 6 heteroatoms. The van der Waals surface area contributed by atoms with Gasteiger partial charge in [0.05, 0.1) is 26.1 Å². The molecule has 0 aliphatic rings. The second-order valence-corrected chi connectivity index (χ2v) is 4.08. The molecular formula is C15H14F2N2O2. The maximum Gasteiger partial charge on any atom is 0.169 e. The highest BCUT2D eigenvalue weighted by atomic mass is 19.1. The van der Waals surface area contributed by atoms with Crippen LogP contribution < -0.4 is 14.9 Å². The Hall–Kier alpha value is -2.63. The van der Waals surface area contributed by atoms with Gasteiger partial charge in [-0.2, -0.15) is 5.10 Å². The molecule has 0 spiro atoms. The fourth-order valence-electron chi connectivity index (χ4n) is 1.77. The van der Waals surface area contributed by atoms with Crippen molar-refractivity contribution in [3.05, 3.63) is 53.6 Å². The van der Waals surface area contributed by atoms with Gasteiger partial charge in [0.15, 0.2) is 17.3 Å². The summed E-state index contributed by atoms with van der Waals surface area (Å²) in [6.07, 6.45) is 1.46. The van der Waals surface area contributed by atoms with Gasteiger partial charge in [0, 0.05) is 11.6 Å². The number of hydrazone groups is 1. The molecule has 110 valence electrons. The Morgan fingerprint density at radius 3 is 2.57 bits per heavy atom. The zero-order chi connectivity index (χ0) is 15.2. The van der Waals surface area contributed by atoms with Gasteiger partial charge in [-0.1, -0.05) is 6.07 Å². The Labute approximate surface area is 121 Å². The van der Waals surface area contributed by atoms with E-state index in [1.807, 2.05) is 0 Å². The van der Waals surface area contributed by atoms with Crippen molar-refractivity contribution in [2.75, 3.05) is 19.6 Å². The van der Waals surface area contributed by atoms with Crippen LogP contribution in [0.2, 0.25) is 0 Å². The summed E-state index contributed by atoms with van der Waals surface area (Å²) >= 11 is 0. The molecule has 0 aliphatic heterocycles. The van der Waals surface area contributed by atoms with E-state index in [4.69, 9.17) is 9.47 Å². The van der Waals surface area contributed by atoms with Crippen LogP contribution in [0.25, 0.3) is 0 Å². The SMILES string of the molecule is COc1cccc(/C=N\Nc2ccc(F)cc2F)c1OC. The molecule has 0 heterocycles. The zero-order valence-corrected chi connectivity index (χ0v) is 11.6. The van der Waals surface area contributed by atoms with Gasteiger partial charge in [0.2, 0.25) is 0 Å². The molecular weight excluding hydrogens is 278 g/mol. The normalized spacial score (nSPS) is 10.7. The first-order chi connectivity index (χ1) is 10.2. The van der Waals surface area contributed by atoms with Gasteiger partial charge in [-0.3, -0.25) is 5.43 Å². The quantitative estimate of drug-likeness (QED) is 0.678. The molecule has 0 fully saturated rings. The first-order valence-electron chi connectivity index (χ1n) is 6.11. The van der Waals surface area contributed by atoms with Gasteiger partial charge in [0.1, 0.15) is 5.82 Å². The number of nitrogens with one attached hydrogen (secondary N) is 1. The Bertz CT molecular complexity index is 660. The lowest BCUT2D eigenvalue weighted by Gasteiger charge is -2.09. The van der Waals surface area contributed by atoms with Crippen LogP contribution in [0.5, 0.6) is 11.5 Å². The first kappa shape index (κ1) is 14.8.